The topological polar surface area (TPSA) is 67.5 Å². The molecule has 0 bridgehead atoms. The van der Waals surface area contributed by atoms with Crippen LogP contribution in [0.1, 0.15) is 0 Å². The van der Waals surface area contributed by atoms with Crippen molar-refractivity contribution in [3.63, 3.8) is 0 Å². The average molecular weight is 333 g/mol. The molecule has 3 aromatic rings. The zero-order valence-electron chi connectivity index (χ0n) is 12.6. The summed E-state index contributed by atoms with van der Waals surface area (Å²) in [5, 5.41) is 12.6. The minimum atomic E-state index is -0.584. The van der Waals surface area contributed by atoms with Crippen LogP contribution in [-0.2, 0) is 0 Å². The van der Waals surface area contributed by atoms with Crippen molar-refractivity contribution in [3.8, 4) is 17.2 Å². The predicted octanol–water partition coefficient (Wildman–Crippen LogP) is 3.52. The van der Waals surface area contributed by atoms with Gasteiger partial charge in [-0.1, -0.05) is 0 Å². The molecule has 0 aliphatic rings. The van der Waals surface area contributed by atoms with E-state index < -0.39 is 6.10 Å². The summed E-state index contributed by atoms with van der Waals surface area (Å²) in [7, 11) is 1.63. The highest BCUT2D eigenvalue weighted by Gasteiger charge is 2.09. The number of benzene rings is 2. The number of nitrogens with one attached hydrogen (secondary N) is 1. The molecule has 0 saturated heterocycles. The van der Waals surface area contributed by atoms with Crippen molar-refractivity contribution in [3.05, 3.63) is 42.5 Å². The molecule has 5 nitrogen and oxygen atoms in total. The number of ether oxygens (including phenoxy) is 1. The van der Waals surface area contributed by atoms with Crippen molar-refractivity contribution >= 4 is 28.4 Å². The highest BCUT2D eigenvalue weighted by atomic mass is 35.5. The Balaban J connectivity index is 1.83. The lowest BCUT2D eigenvalue weighted by Crippen LogP contribution is -2.20. The van der Waals surface area contributed by atoms with Gasteiger partial charge in [0.25, 0.3) is 0 Å². The van der Waals surface area contributed by atoms with E-state index in [0.29, 0.717) is 18.0 Å². The van der Waals surface area contributed by atoms with E-state index in [-0.39, 0.29) is 5.88 Å². The Bertz CT molecular complexity index is 786. The van der Waals surface area contributed by atoms with Gasteiger partial charge in [-0.15, -0.1) is 11.6 Å². The van der Waals surface area contributed by atoms with E-state index in [0.717, 1.165) is 22.5 Å². The van der Waals surface area contributed by atoms with Crippen molar-refractivity contribution < 1.29 is 14.3 Å². The number of hydrogen-bond donors (Lipinski definition) is 2. The molecule has 0 saturated carbocycles. The number of aromatic nitrogens is 1. The lowest BCUT2D eigenvalue weighted by atomic mass is 10.2. The molecule has 0 aliphatic heterocycles. The van der Waals surface area contributed by atoms with Crippen LogP contribution in [0, 0.1) is 0 Å². The van der Waals surface area contributed by atoms with Crippen LogP contribution in [0.4, 0.5) is 5.69 Å². The molecule has 0 aliphatic carbocycles. The molecular weight excluding hydrogens is 316 g/mol. The van der Waals surface area contributed by atoms with Crippen LogP contribution in [-0.4, -0.2) is 35.7 Å². The number of nitrogens with zero attached hydrogens (tertiary/aromatic N) is 1. The Morgan fingerprint density at radius 2 is 2.04 bits per heavy atom. The third kappa shape index (κ3) is 3.57. The number of oxazole rings is 1. The second-order valence-corrected chi connectivity index (χ2v) is 5.43. The van der Waals surface area contributed by atoms with Crippen LogP contribution in [0.2, 0.25) is 0 Å². The number of hydrogen-bond acceptors (Lipinski definition) is 5. The molecule has 2 N–H and O–H groups in total. The third-order valence-corrected chi connectivity index (χ3v) is 3.80. The van der Waals surface area contributed by atoms with Crippen LogP contribution in [0.25, 0.3) is 22.6 Å². The van der Waals surface area contributed by atoms with Crippen LogP contribution in [0.3, 0.4) is 0 Å². The number of aliphatic hydroxyl groups excluding tert-OH is 1. The Hall–Kier alpha value is -2.24. The molecule has 6 heteroatoms. The normalized spacial score (nSPS) is 12.3. The molecule has 23 heavy (non-hydrogen) atoms. The van der Waals surface area contributed by atoms with Gasteiger partial charge in [0.15, 0.2) is 5.58 Å². The fraction of sp³-hybridized carbons (Fsp3) is 0.235. The molecule has 2 aromatic carbocycles. The molecule has 1 heterocycles. The highest BCUT2D eigenvalue weighted by molar-refractivity contribution is 6.18. The summed E-state index contributed by atoms with van der Waals surface area (Å²) < 4.78 is 10.9. The van der Waals surface area contributed by atoms with Crippen molar-refractivity contribution in [2.45, 2.75) is 6.10 Å². The Kier molecular flexibility index (Phi) is 4.69. The van der Waals surface area contributed by atoms with Crippen molar-refractivity contribution in [2.24, 2.45) is 0 Å². The van der Waals surface area contributed by atoms with Crippen molar-refractivity contribution in [2.75, 3.05) is 24.9 Å². The number of halogens is 1. The lowest BCUT2D eigenvalue weighted by Gasteiger charge is -2.09. The molecule has 1 aromatic heterocycles. The lowest BCUT2D eigenvalue weighted by molar-refractivity contribution is 0.211. The fourth-order valence-corrected chi connectivity index (χ4v) is 2.29. The van der Waals surface area contributed by atoms with Gasteiger partial charge in [0.1, 0.15) is 11.3 Å². The van der Waals surface area contributed by atoms with E-state index in [4.69, 9.17) is 20.8 Å². The Morgan fingerprint density at radius 3 is 2.74 bits per heavy atom. The first-order valence-corrected chi connectivity index (χ1v) is 7.76. The monoisotopic (exact) mass is 332 g/mol. The van der Waals surface area contributed by atoms with E-state index in [1.54, 1.807) is 7.11 Å². The number of anilines is 1. The molecule has 0 spiro atoms. The minimum Gasteiger partial charge on any atom is -0.497 e. The standard InChI is InChI=1S/C17H17ClN2O3/c1-22-14-5-2-11(3-6-14)17-20-15-8-12(4-7-16(15)23-17)19-10-13(21)9-18/h2-8,13,19,21H,9-10H2,1H3. The smallest absolute Gasteiger partial charge is 0.227 e. The van der Waals surface area contributed by atoms with Gasteiger partial charge in [0.2, 0.25) is 5.89 Å². The largest absolute Gasteiger partial charge is 0.497 e. The van der Waals surface area contributed by atoms with Crippen LogP contribution in [0.5, 0.6) is 5.75 Å². The first-order chi connectivity index (χ1) is 11.2. The van der Waals surface area contributed by atoms with Gasteiger partial charge in [-0.3, -0.25) is 0 Å². The number of methoxy groups -OCH3 is 1. The van der Waals surface area contributed by atoms with Crippen molar-refractivity contribution in [1.82, 2.24) is 4.98 Å². The van der Waals surface area contributed by atoms with Crippen LogP contribution < -0.4 is 10.1 Å². The summed E-state index contributed by atoms with van der Waals surface area (Å²) in [5.41, 5.74) is 3.20. The summed E-state index contributed by atoms with van der Waals surface area (Å²) >= 11 is 5.58. The first kappa shape index (κ1) is 15.6. The Labute approximate surface area is 138 Å². The number of rotatable bonds is 6. The van der Waals surface area contributed by atoms with E-state index in [1.165, 1.54) is 0 Å². The number of alkyl halides is 1. The maximum Gasteiger partial charge on any atom is 0.227 e. The molecule has 0 fully saturated rings. The van der Waals surface area contributed by atoms with Gasteiger partial charge in [-0.05, 0) is 42.5 Å². The summed E-state index contributed by atoms with van der Waals surface area (Å²) in [6, 6.07) is 13.2. The summed E-state index contributed by atoms with van der Waals surface area (Å²) in [6.45, 7) is 0.387. The second kappa shape index (κ2) is 6.89. The molecule has 120 valence electrons. The number of fused-ring (bicyclic) bond motifs is 1. The van der Waals surface area contributed by atoms with E-state index in [9.17, 15) is 5.11 Å². The van der Waals surface area contributed by atoms with Gasteiger partial charge >= 0.3 is 0 Å². The number of aliphatic hydroxyl groups is 1. The summed E-state index contributed by atoms with van der Waals surface area (Å²) in [4.78, 5) is 4.51. The van der Waals surface area contributed by atoms with Gasteiger partial charge in [0, 0.05) is 17.8 Å². The van der Waals surface area contributed by atoms with E-state index >= 15 is 0 Å². The third-order valence-electron chi connectivity index (χ3n) is 3.44. The predicted molar refractivity (Wildman–Crippen MR) is 91.2 cm³/mol. The first-order valence-electron chi connectivity index (χ1n) is 7.22. The van der Waals surface area contributed by atoms with Gasteiger partial charge in [-0.2, -0.15) is 0 Å². The quantitative estimate of drug-likeness (QED) is 0.676. The highest BCUT2D eigenvalue weighted by Crippen LogP contribution is 2.27. The summed E-state index contributed by atoms with van der Waals surface area (Å²) in [6.07, 6.45) is -0.584. The SMILES string of the molecule is COc1ccc(-c2nc3cc(NCC(O)CCl)ccc3o2)cc1. The molecule has 0 radical (unpaired) electrons. The average Bonchev–Trinajstić information content (AvgIpc) is 3.03. The zero-order chi connectivity index (χ0) is 16.2. The minimum absolute atomic E-state index is 0.195. The van der Waals surface area contributed by atoms with Crippen LogP contribution in [0.15, 0.2) is 46.9 Å². The van der Waals surface area contributed by atoms with E-state index in [1.807, 2.05) is 42.5 Å². The van der Waals surface area contributed by atoms with Gasteiger partial charge in [0.05, 0.1) is 19.1 Å². The fourth-order valence-electron chi connectivity index (χ4n) is 2.18. The van der Waals surface area contributed by atoms with Crippen LogP contribution >= 0.6 is 11.6 Å². The molecule has 1 atom stereocenters. The maximum atomic E-state index is 9.49. The van der Waals surface area contributed by atoms with E-state index in [2.05, 4.69) is 10.3 Å². The zero-order valence-corrected chi connectivity index (χ0v) is 13.4. The van der Waals surface area contributed by atoms with Crippen molar-refractivity contribution in [1.29, 1.82) is 0 Å². The second-order valence-electron chi connectivity index (χ2n) is 5.12. The molecule has 1 unspecified atom stereocenters. The van der Waals surface area contributed by atoms with Gasteiger partial charge in [-0.25, -0.2) is 4.98 Å². The molecular formula is C17H17ClN2O3. The summed E-state index contributed by atoms with van der Waals surface area (Å²) in [5.74, 6) is 1.54. The maximum absolute atomic E-state index is 9.49. The Morgan fingerprint density at radius 1 is 1.26 bits per heavy atom. The molecule has 3 rings (SSSR count). The van der Waals surface area contributed by atoms with Gasteiger partial charge < -0.3 is 19.6 Å². The molecule has 0 amide bonds.